The van der Waals surface area contributed by atoms with Gasteiger partial charge in [0.15, 0.2) is 0 Å². The van der Waals surface area contributed by atoms with Gasteiger partial charge in [-0.15, -0.1) is 0 Å². The minimum Gasteiger partial charge on any atom is -0.389 e. The maximum absolute atomic E-state index is 11.0. The van der Waals surface area contributed by atoms with Crippen molar-refractivity contribution in [3.63, 3.8) is 0 Å². The second kappa shape index (κ2) is 12.4. The molecule has 0 fully saturated rings. The van der Waals surface area contributed by atoms with Gasteiger partial charge in [-0.2, -0.15) is 0 Å². The Balaban J connectivity index is 4.08. The molecule has 0 amide bonds. The molecule has 0 radical (unpaired) electrons. The van der Waals surface area contributed by atoms with Crippen LogP contribution in [0.1, 0.15) is 120 Å². The van der Waals surface area contributed by atoms with E-state index in [0.29, 0.717) is 23.7 Å². The SMILES string of the molecule is CCC(C)C(O)(CCCCCCCCC(O)(C(C)C)C(C)CC)C(C)C. The molecule has 4 unspecified atom stereocenters. The van der Waals surface area contributed by atoms with Gasteiger partial charge in [0.2, 0.25) is 0 Å². The van der Waals surface area contributed by atoms with Gasteiger partial charge < -0.3 is 10.2 Å². The summed E-state index contributed by atoms with van der Waals surface area (Å²) in [6, 6.07) is 0. The molecule has 0 aromatic rings. The molecular weight excluding hydrogens is 320 g/mol. The van der Waals surface area contributed by atoms with E-state index in [1.54, 1.807) is 0 Å². The molecule has 0 bridgehead atoms. The number of rotatable bonds is 15. The van der Waals surface area contributed by atoms with Crippen LogP contribution in [0.15, 0.2) is 0 Å². The normalized spacial score (nSPS) is 19.4. The van der Waals surface area contributed by atoms with Crippen molar-refractivity contribution in [2.45, 2.75) is 131 Å². The molecule has 0 aliphatic rings. The van der Waals surface area contributed by atoms with Gasteiger partial charge in [-0.05, 0) is 36.5 Å². The maximum atomic E-state index is 11.0. The lowest BCUT2D eigenvalue weighted by Gasteiger charge is -2.38. The molecule has 0 aliphatic carbocycles. The van der Waals surface area contributed by atoms with E-state index in [0.717, 1.165) is 38.5 Å². The summed E-state index contributed by atoms with van der Waals surface area (Å²) in [4.78, 5) is 0. The van der Waals surface area contributed by atoms with Crippen LogP contribution in [0.2, 0.25) is 0 Å². The summed E-state index contributed by atoms with van der Waals surface area (Å²) >= 11 is 0. The van der Waals surface area contributed by atoms with Crippen molar-refractivity contribution in [1.29, 1.82) is 0 Å². The molecule has 2 heteroatoms. The maximum Gasteiger partial charge on any atom is 0.0695 e. The lowest BCUT2D eigenvalue weighted by molar-refractivity contribution is -0.0633. The second-order valence-electron chi connectivity index (χ2n) is 9.53. The minimum absolute atomic E-state index is 0.326. The first-order valence-electron chi connectivity index (χ1n) is 11.5. The van der Waals surface area contributed by atoms with Gasteiger partial charge in [0.1, 0.15) is 0 Å². The summed E-state index contributed by atoms with van der Waals surface area (Å²) in [6.45, 7) is 17.3. The van der Waals surface area contributed by atoms with Crippen molar-refractivity contribution in [2.24, 2.45) is 23.7 Å². The molecule has 0 aliphatic heterocycles. The molecule has 2 N–H and O–H groups in total. The van der Waals surface area contributed by atoms with E-state index >= 15 is 0 Å². The van der Waals surface area contributed by atoms with Crippen LogP contribution in [-0.2, 0) is 0 Å². The number of aliphatic hydroxyl groups is 2. The summed E-state index contributed by atoms with van der Waals surface area (Å²) in [5, 5.41) is 22.0. The summed E-state index contributed by atoms with van der Waals surface area (Å²) in [5.74, 6) is 1.40. The third-order valence-corrected chi connectivity index (χ3v) is 7.34. The topological polar surface area (TPSA) is 40.5 Å². The fourth-order valence-corrected chi connectivity index (χ4v) is 4.44. The lowest BCUT2D eigenvalue weighted by atomic mass is 9.74. The number of unbranched alkanes of at least 4 members (excludes halogenated alkanes) is 5. The summed E-state index contributed by atoms with van der Waals surface area (Å²) in [6.07, 6.45) is 11.1. The van der Waals surface area contributed by atoms with Crippen LogP contribution in [0, 0.1) is 23.7 Å². The van der Waals surface area contributed by atoms with E-state index in [9.17, 15) is 10.2 Å². The Labute approximate surface area is 165 Å². The van der Waals surface area contributed by atoms with Crippen molar-refractivity contribution in [1.82, 2.24) is 0 Å². The van der Waals surface area contributed by atoms with Crippen LogP contribution < -0.4 is 0 Å². The quantitative estimate of drug-likeness (QED) is 0.305. The zero-order chi connectivity index (χ0) is 20.4. The Hall–Kier alpha value is -0.0800. The van der Waals surface area contributed by atoms with Gasteiger partial charge in [0, 0.05) is 0 Å². The molecule has 0 aromatic carbocycles. The third-order valence-electron chi connectivity index (χ3n) is 7.34. The molecule has 0 spiro atoms. The molecule has 158 valence electrons. The molecule has 2 nitrogen and oxygen atoms in total. The second-order valence-corrected chi connectivity index (χ2v) is 9.53. The Morgan fingerprint density at radius 1 is 0.538 bits per heavy atom. The van der Waals surface area contributed by atoms with Crippen molar-refractivity contribution >= 4 is 0 Å². The Morgan fingerprint density at radius 3 is 1.04 bits per heavy atom. The molecule has 0 aromatic heterocycles. The van der Waals surface area contributed by atoms with Crippen molar-refractivity contribution in [3.05, 3.63) is 0 Å². The number of hydrogen-bond acceptors (Lipinski definition) is 2. The van der Waals surface area contributed by atoms with Crippen LogP contribution in [0.4, 0.5) is 0 Å². The van der Waals surface area contributed by atoms with Gasteiger partial charge in [0.05, 0.1) is 11.2 Å². The Bertz CT molecular complexity index is 318. The van der Waals surface area contributed by atoms with E-state index in [-0.39, 0.29) is 0 Å². The van der Waals surface area contributed by atoms with Crippen molar-refractivity contribution < 1.29 is 10.2 Å². The van der Waals surface area contributed by atoms with E-state index < -0.39 is 11.2 Å². The number of hydrogen-bond donors (Lipinski definition) is 2. The fraction of sp³-hybridized carbons (Fsp3) is 1.00. The first kappa shape index (κ1) is 25.9. The van der Waals surface area contributed by atoms with Crippen LogP contribution in [0.5, 0.6) is 0 Å². The standard InChI is InChI=1S/C24H50O2/c1-9-21(7)23(25,19(3)4)17-15-13-11-12-14-16-18-24(26,20(5)6)22(8)10-2/h19-22,25-26H,9-18H2,1-8H3. The minimum atomic E-state index is -0.501. The van der Waals surface area contributed by atoms with E-state index in [2.05, 4.69) is 55.4 Å². The average Bonchev–Trinajstić information content (AvgIpc) is 2.61. The van der Waals surface area contributed by atoms with Gasteiger partial charge in [0.25, 0.3) is 0 Å². The van der Waals surface area contributed by atoms with Crippen LogP contribution >= 0.6 is 0 Å². The van der Waals surface area contributed by atoms with Crippen LogP contribution in [0.3, 0.4) is 0 Å². The largest absolute Gasteiger partial charge is 0.389 e. The highest BCUT2D eigenvalue weighted by molar-refractivity contribution is 4.87. The first-order valence-corrected chi connectivity index (χ1v) is 11.5. The fourth-order valence-electron chi connectivity index (χ4n) is 4.44. The zero-order valence-corrected chi connectivity index (χ0v) is 19.3. The highest BCUT2D eigenvalue weighted by Gasteiger charge is 2.36. The lowest BCUT2D eigenvalue weighted by Crippen LogP contribution is -2.41. The highest BCUT2D eigenvalue weighted by Crippen LogP contribution is 2.35. The monoisotopic (exact) mass is 370 g/mol. The van der Waals surface area contributed by atoms with Crippen LogP contribution in [0.25, 0.3) is 0 Å². The molecule has 0 saturated heterocycles. The summed E-state index contributed by atoms with van der Waals surface area (Å²) in [7, 11) is 0. The first-order chi connectivity index (χ1) is 12.1. The smallest absolute Gasteiger partial charge is 0.0695 e. The van der Waals surface area contributed by atoms with E-state index in [1.807, 2.05) is 0 Å². The molecule has 0 saturated carbocycles. The van der Waals surface area contributed by atoms with E-state index in [4.69, 9.17) is 0 Å². The third kappa shape index (κ3) is 7.50. The highest BCUT2D eigenvalue weighted by atomic mass is 16.3. The summed E-state index contributed by atoms with van der Waals surface area (Å²) < 4.78 is 0. The van der Waals surface area contributed by atoms with Crippen molar-refractivity contribution in [2.75, 3.05) is 0 Å². The predicted octanol–water partition coefficient (Wildman–Crippen LogP) is 6.97. The Morgan fingerprint density at radius 2 is 0.808 bits per heavy atom. The zero-order valence-electron chi connectivity index (χ0n) is 19.3. The predicted molar refractivity (Wildman–Crippen MR) is 115 cm³/mol. The van der Waals surface area contributed by atoms with Gasteiger partial charge in [-0.1, -0.05) is 107 Å². The summed E-state index contributed by atoms with van der Waals surface area (Å²) in [5.41, 5.74) is -1.00. The van der Waals surface area contributed by atoms with Crippen molar-refractivity contribution in [3.8, 4) is 0 Å². The van der Waals surface area contributed by atoms with E-state index in [1.165, 1.54) is 25.7 Å². The van der Waals surface area contributed by atoms with Crippen LogP contribution in [-0.4, -0.2) is 21.4 Å². The average molecular weight is 371 g/mol. The molecule has 26 heavy (non-hydrogen) atoms. The molecule has 0 rings (SSSR count). The molecule has 0 heterocycles. The molecule has 4 atom stereocenters. The van der Waals surface area contributed by atoms with Gasteiger partial charge in [-0.3, -0.25) is 0 Å². The molecular formula is C24H50O2. The van der Waals surface area contributed by atoms with Gasteiger partial charge in [-0.25, -0.2) is 0 Å². The Kier molecular flexibility index (Phi) is 12.4. The van der Waals surface area contributed by atoms with Gasteiger partial charge >= 0.3 is 0 Å².